The number of hydrogen-bond acceptors (Lipinski definition) is 3. The van der Waals surface area contributed by atoms with Gasteiger partial charge in [0.05, 0.1) is 30.2 Å². The predicted molar refractivity (Wildman–Crippen MR) is 110 cm³/mol. The van der Waals surface area contributed by atoms with Crippen molar-refractivity contribution in [2.75, 3.05) is 41.8 Å². The zero-order valence-electron chi connectivity index (χ0n) is 15.7. The molecule has 2 aromatic rings. The van der Waals surface area contributed by atoms with Crippen LogP contribution in [0.15, 0.2) is 36.4 Å². The molecule has 1 saturated heterocycles. The minimum atomic E-state index is -4.43. The fourth-order valence-corrected chi connectivity index (χ4v) is 3.27. The largest absolute Gasteiger partial charge is 0.416 e. The Morgan fingerprint density at radius 2 is 1.71 bits per heavy atom. The van der Waals surface area contributed by atoms with Crippen LogP contribution in [-0.2, 0) is 10.9 Å². The number of thiocarbonyl (C=S) groups is 1. The molecule has 8 heteroatoms. The number of nitrogens with one attached hydrogen (secondary N) is 2. The van der Waals surface area contributed by atoms with Gasteiger partial charge in [-0.15, -0.1) is 0 Å². The molecule has 0 spiro atoms. The Hall–Kier alpha value is -2.32. The summed E-state index contributed by atoms with van der Waals surface area (Å²) in [6, 6.07) is 9.44. The molecule has 3 rings (SSSR count). The highest BCUT2D eigenvalue weighted by Gasteiger charge is 2.31. The van der Waals surface area contributed by atoms with Gasteiger partial charge in [-0.2, -0.15) is 13.2 Å². The lowest BCUT2D eigenvalue weighted by Crippen LogP contribution is -2.37. The summed E-state index contributed by atoms with van der Waals surface area (Å²) in [5, 5.41) is 6.28. The molecule has 0 aromatic heterocycles. The van der Waals surface area contributed by atoms with Crippen LogP contribution < -0.4 is 15.5 Å². The van der Waals surface area contributed by atoms with Crippen LogP contribution in [0.4, 0.5) is 30.2 Å². The van der Waals surface area contributed by atoms with Crippen molar-refractivity contribution in [3.63, 3.8) is 0 Å². The van der Waals surface area contributed by atoms with Gasteiger partial charge in [-0.25, -0.2) is 0 Å². The van der Waals surface area contributed by atoms with Gasteiger partial charge in [0.25, 0.3) is 0 Å². The van der Waals surface area contributed by atoms with Crippen molar-refractivity contribution in [2.45, 2.75) is 20.0 Å². The normalized spacial score (nSPS) is 14.7. The Kier molecular flexibility index (Phi) is 6.10. The second-order valence-corrected chi connectivity index (χ2v) is 7.06. The number of benzene rings is 2. The molecule has 1 heterocycles. The summed E-state index contributed by atoms with van der Waals surface area (Å²) in [4.78, 5) is 1.99. The molecular weight excluding hydrogens is 387 g/mol. The molecule has 1 aliphatic heterocycles. The van der Waals surface area contributed by atoms with Crippen LogP contribution in [0.25, 0.3) is 0 Å². The first kappa shape index (κ1) is 20.4. The van der Waals surface area contributed by atoms with Gasteiger partial charge >= 0.3 is 6.18 Å². The third-order valence-electron chi connectivity index (χ3n) is 4.78. The molecule has 0 bridgehead atoms. The van der Waals surface area contributed by atoms with E-state index in [-0.39, 0.29) is 5.11 Å². The van der Waals surface area contributed by atoms with Crippen molar-refractivity contribution in [2.24, 2.45) is 0 Å². The molecule has 4 nitrogen and oxygen atoms in total. The van der Waals surface area contributed by atoms with Crippen molar-refractivity contribution < 1.29 is 17.9 Å². The maximum atomic E-state index is 13.2. The molecule has 28 heavy (non-hydrogen) atoms. The smallest absolute Gasteiger partial charge is 0.378 e. The lowest BCUT2D eigenvalue weighted by Gasteiger charge is -2.31. The first-order valence-corrected chi connectivity index (χ1v) is 9.34. The van der Waals surface area contributed by atoms with Crippen LogP contribution in [0, 0.1) is 13.8 Å². The van der Waals surface area contributed by atoms with E-state index in [4.69, 9.17) is 17.0 Å². The summed E-state index contributed by atoms with van der Waals surface area (Å²) in [7, 11) is 0. The van der Waals surface area contributed by atoms with E-state index in [1.54, 1.807) is 0 Å². The zero-order chi connectivity index (χ0) is 20.3. The Labute approximate surface area is 167 Å². The van der Waals surface area contributed by atoms with E-state index in [0.717, 1.165) is 28.9 Å². The van der Waals surface area contributed by atoms with Crippen LogP contribution >= 0.6 is 12.2 Å². The SMILES string of the molecule is Cc1cccc(NC(=S)Nc2cc(C(F)(F)F)ccc2N2CCOCC2)c1C. The number of ether oxygens (including phenoxy) is 1. The first-order chi connectivity index (χ1) is 13.3. The molecule has 1 fully saturated rings. The number of halogens is 3. The van der Waals surface area contributed by atoms with Gasteiger partial charge in [0.1, 0.15) is 0 Å². The lowest BCUT2D eigenvalue weighted by atomic mass is 10.1. The van der Waals surface area contributed by atoms with E-state index in [1.165, 1.54) is 6.07 Å². The van der Waals surface area contributed by atoms with Crippen LogP contribution in [0.3, 0.4) is 0 Å². The maximum Gasteiger partial charge on any atom is 0.416 e. The summed E-state index contributed by atoms with van der Waals surface area (Å²) in [5.74, 6) is 0. The fourth-order valence-electron chi connectivity index (χ4n) is 3.05. The second kappa shape index (κ2) is 8.36. The molecular formula is C20H22F3N3OS. The Bertz CT molecular complexity index is 864. The van der Waals surface area contributed by atoms with E-state index >= 15 is 0 Å². The quantitative estimate of drug-likeness (QED) is 0.701. The molecule has 2 aromatic carbocycles. The number of anilines is 3. The van der Waals surface area contributed by atoms with Gasteiger partial charge < -0.3 is 20.3 Å². The summed E-state index contributed by atoms with van der Waals surface area (Å²) < 4.78 is 45.0. The van der Waals surface area contributed by atoms with Crippen LogP contribution in [0.5, 0.6) is 0 Å². The van der Waals surface area contributed by atoms with Crippen LogP contribution in [0.2, 0.25) is 0 Å². The van der Waals surface area contributed by atoms with Crippen molar-refractivity contribution in [3.8, 4) is 0 Å². The monoisotopic (exact) mass is 409 g/mol. The van der Waals surface area contributed by atoms with Gasteiger partial charge in [-0.3, -0.25) is 0 Å². The summed E-state index contributed by atoms with van der Waals surface area (Å²) in [5.41, 5.74) is 3.21. The molecule has 0 radical (unpaired) electrons. The van der Waals surface area contributed by atoms with Gasteiger partial charge in [-0.05, 0) is 61.5 Å². The molecule has 0 unspecified atom stereocenters. The number of nitrogens with zero attached hydrogens (tertiary/aromatic N) is 1. The summed E-state index contributed by atoms with van der Waals surface area (Å²) in [6.07, 6.45) is -4.43. The Morgan fingerprint density at radius 1 is 1.04 bits per heavy atom. The molecule has 1 aliphatic rings. The number of hydrogen-bond donors (Lipinski definition) is 2. The highest BCUT2D eigenvalue weighted by molar-refractivity contribution is 7.80. The van der Waals surface area contributed by atoms with Gasteiger partial charge in [0, 0.05) is 18.8 Å². The summed E-state index contributed by atoms with van der Waals surface area (Å²) >= 11 is 5.37. The van der Waals surface area contributed by atoms with E-state index in [2.05, 4.69) is 10.6 Å². The molecule has 0 aliphatic carbocycles. The lowest BCUT2D eigenvalue weighted by molar-refractivity contribution is -0.137. The second-order valence-electron chi connectivity index (χ2n) is 6.66. The highest BCUT2D eigenvalue weighted by atomic mass is 32.1. The Balaban J connectivity index is 1.87. The van der Waals surface area contributed by atoms with E-state index in [1.807, 2.05) is 36.9 Å². The fraction of sp³-hybridized carbons (Fsp3) is 0.350. The minimum Gasteiger partial charge on any atom is -0.378 e. The topological polar surface area (TPSA) is 36.5 Å². The highest BCUT2D eigenvalue weighted by Crippen LogP contribution is 2.36. The van der Waals surface area contributed by atoms with Crippen LogP contribution in [0.1, 0.15) is 16.7 Å². The third kappa shape index (κ3) is 4.74. The van der Waals surface area contributed by atoms with Gasteiger partial charge in [-0.1, -0.05) is 12.1 Å². The summed E-state index contributed by atoms with van der Waals surface area (Å²) in [6.45, 7) is 6.23. The third-order valence-corrected chi connectivity index (χ3v) is 4.98. The van der Waals surface area contributed by atoms with Gasteiger partial charge in [0.2, 0.25) is 0 Å². The first-order valence-electron chi connectivity index (χ1n) is 8.94. The Morgan fingerprint density at radius 3 is 2.39 bits per heavy atom. The van der Waals surface area contributed by atoms with E-state index < -0.39 is 11.7 Å². The maximum absolute atomic E-state index is 13.2. The van der Waals surface area contributed by atoms with Crippen LogP contribution in [-0.4, -0.2) is 31.4 Å². The van der Waals surface area contributed by atoms with Crippen molar-refractivity contribution >= 4 is 34.4 Å². The zero-order valence-corrected chi connectivity index (χ0v) is 16.5. The molecule has 150 valence electrons. The standard InChI is InChI=1S/C20H22F3N3OS/c1-13-4-3-5-16(14(13)2)24-19(28)25-17-12-15(20(21,22)23)6-7-18(17)26-8-10-27-11-9-26/h3-7,12H,8-11H2,1-2H3,(H2,24,25,28). The average Bonchev–Trinajstić information content (AvgIpc) is 2.65. The van der Waals surface area contributed by atoms with Gasteiger partial charge in [0.15, 0.2) is 5.11 Å². The van der Waals surface area contributed by atoms with Crippen molar-refractivity contribution in [1.29, 1.82) is 0 Å². The van der Waals surface area contributed by atoms with Crippen molar-refractivity contribution in [3.05, 3.63) is 53.1 Å². The molecule has 0 saturated carbocycles. The molecule has 0 amide bonds. The number of rotatable bonds is 3. The van der Waals surface area contributed by atoms with Crippen molar-refractivity contribution in [1.82, 2.24) is 0 Å². The average molecular weight is 409 g/mol. The van der Waals surface area contributed by atoms with E-state index in [0.29, 0.717) is 37.7 Å². The number of aryl methyl sites for hydroxylation is 1. The molecule has 0 atom stereocenters. The minimum absolute atomic E-state index is 0.238. The number of morpholine rings is 1. The molecule has 2 N–H and O–H groups in total. The van der Waals surface area contributed by atoms with E-state index in [9.17, 15) is 13.2 Å². The number of alkyl halides is 3. The predicted octanol–water partition coefficient (Wildman–Crippen LogP) is 4.97.